The number of amides is 1. The molecule has 2 aromatic rings. The molecule has 0 aliphatic heterocycles. The summed E-state index contributed by atoms with van der Waals surface area (Å²) < 4.78 is 23.7. The maximum atomic E-state index is 12.0. The normalized spacial score (nSPS) is 16.0. The lowest BCUT2D eigenvalue weighted by Gasteiger charge is -2.32. The average Bonchev–Trinajstić information content (AvgIpc) is 2.72. The van der Waals surface area contributed by atoms with E-state index in [1.807, 2.05) is 6.92 Å². The standard InChI is InChI=1S/C21H29N5O4S/c1-3-16-19(23-13-21(28)10-5-4-6-11-21)26-20(17(25-16)18(22)27)24-14-8-7-9-15(12-14)31(2,29)30/h7-9,12,28H,3-6,10-11,13H2,1-2H3,(H2,22,27)(H2,23,24,26). The topological polar surface area (TPSA) is 147 Å². The van der Waals surface area contributed by atoms with E-state index in [-0.39, 0.29) is 16.4 Å². The average molecular weight is 448 g/mol. The predicted octanol–water partition coefficient (Wildman–Crippen LogP) is 2.39. The number of benzene rings is 1. The first-order chi connectivity index (χ1) is 14.6. The fraction of sp³-hybridized carbons (Fsp3) is 0.476. The minimum absolute atomic E-state index is 0.0384. The minimum Gasteiger partial charge on any atom is -0.388 e. The van der Waals surface area contributed by atoms with Crippen LogP contribution in [-0.4, -0.2) is 47.8 Å². The van der Waals surface area contributed by atoms with Crippen LogP contribution in [0.3, 0.4) is 0 Å². The Balaban J connectivity index is 1.93. The van der Waals surface area contributed by atoms with E-state index in [4.69, 9.17) is 5.73 Å². The molecule has 1 amide bonds. The van der Waals surface area contributed by atoms with Crippen molar-refractivity contribution in [1.29, 1.82) is 0 Å². The van der Waals surface area contributed by atoms with Gasteiger partial charge < -0.3 is 21.5 Å². The van der Waals surface area contributed by atoms with E-state index in [0.717, 1.165) is 38.4 Å². The van der Waals surface area contributed by atoms with Crippen molar-refractivity contribution >= 4 is 33.1 Å². The highest BCUT2D eigenvalue weighted by atomic mass is 32.2. The second-order valence-corrected chi connectivity index (χ2v) is 10.0. The second-order valence-electron chi connectivity index (χ2n) is 8.00. The van der Waals surface area contributed by atoms with Gasteiger partial charge in [0.1, 0.15) is 5.82 Å². The lowest BCUT2D eigenvalue weighted by molar-refractivity contribution is 0.0166. The lowest BCUT2D eigenvalue weighted by atomic mass is 9.85. The van der Waals surface area contributed by atoms with Crippen molar-refractivity contribution < 1.29 is 18.3 Å². The first-order valence-corrected chi connectivity index (χ1v) is 12.2. The molecule has 1 aromatic heterocycles. The number of nitrogens with two attached hydrogens (primary N) is 1. The Kier molecular flexibility index (Phi) is 6.80. The first-order valence-electron chi connectivity index (χ1n) is 10.4. The molecular formula is C21H29N5O4S. The number of primary amides is 1. The molecule has 0 unspecified atom stereocenters. The Morgan fingerprint density at radius 3 is 2.52 bits per heavy atom. The molecule has 0 saturated heterocycles. The molecule has 1 fully saturated rings. The number of sulfone groups is 1. The molecule has 0 radical (unpaired) electrons. The lowest BCUT2D eigenvalue weighted by Crippen LogP contribution is -2.39. The first kappa shape index (κ1) is 23.0. The van der Waals surface area contributed by atoms with Crippen molar-refractivity contribution in [3.8, 4) is 0 Å². The Morgan fingerprint density at radius 1 is 1.19 bits per heavy atom. The molecule has 168 valence electrons. The molecule has 0 spiro atoms. The number of aliphatic hydroxyl groups is 1. The van der Waals surface area contributed by atoms with Gasteiger partial charge in [-0.3, -0.25) is 4.79 Å². The monoisotopic (exact) mass is 447 g/mol. The van der Waals surface area contributed by atoms with Crippen LogP contribution < -0.4 is 16.4 Å². The number of carbonyl (C=O) groups is 1. The Bertz CT molecular complexity index is 1070. The van der Waals surface area contributed by atoms with E-state index in [1.54, 1.807) is 12.1 Å². The van der Waals surface area contributed by atoms with Crippen molar-refractivity contribution in [3.05, 3.63) is 35.7 Å². The van der Waals surface area contributed by atoms with Crippen LogP contribution in [0.1, 0.15) is 55.2 Å². The fourth-order valence-corrected chi connectivity index (χ4v) is 4.36. The molecule has 31 heavy (non-hydrogen) atoms. The van der Waals surface area contributed by atoms with Crippen LogP contribution in [0.5, 0.6) is 0 Å². The van der Waals surface area contributed by atoms with Gasteiger partial charge >= 0.3 is 0 Å². The molecule has 5 N–H and O–H groups in total. The van der Waals surface area contributed by atoms with Crippen molar-refractivity contribution in [1.82, 2.24) is 9.97 Å². The van der Waals surface area contributed by atoms with Crippen molar-refractivity contribution in [3.63, 3.8) is 0 Å². The molecule has 9 nitrogen and oxygen atoms in total. The van der Waals surface area contributed by atoms with Gasteiger partial charge in [0, 0.05) is 18.5 Å². The smallest absolute Gasteiger partial charge is 0.271 e. The molecule has 0 atom stereocenters. The zero-order valence-corrected chi connectivity index (χ0v) is 18.6. The van der Waals surface area contributed by atoms with E-state index in [0.29, 0.717) is 30.2 Å². The van der Waals surface area contributed by atoms with Gasteiger partial charge in [-0.1, -0.05) is 32.3 Å². The molecular weight excluding hydrogens is 418 g/mol. The molecule has 10 heteroatoms. The maximum Gasteiger partial charge on any atom is 0.271 e. The highest BCUT2D eigenvalue weighted by molar-refractivity contribution is 7.90. The second kappa shape index (κ2) is 9.19. The maximum absolute atomic E-state index is 12.0. The highest BCUT2D eigenvalue weighted by Crippen LogP contribution is 2.29. The van der Waals surface area contributed by atoms with Crippen molar-refractivity contribution in [2.75, 3.05) is 23.4 Å². The van der Waals surface area contributed by atoms with Crippen LogP contribution in [-0.2, 0) is 16.3 Å². The van der Waals surface area contributed by atoms with Gasteiger partial charge in [0.25, 0.3) is 5.91 Å². The third kappa shape index (κ3) is 5.71. The Morgan fingerprint density at radius 2 is 1.90 bits per heavy atom. The number of nitrogens with zero attached hydrogens (tertiary/aromatic N) is 2. The van der Waals surface area contributed by atoms with Crippen LogP contribution in [0.15, 0.2) is 29.2 Å². The van der Waals surface area contributed by atoms with E-state index in [9.17, 15) is 18.3 Å². The largest absolute Gasteiger partial charge is 0.388 e. The number of hydrogen-bond acceptors (Lipinski definition) is 8. The third-order valence-electron chi connectivity index (χ3n) is 5.43. The SMILES string of the molecule is CCc1nc(C(N)=O)c(Nc2cccc(S(C)(=O)=O)c2)nc1NCC1(O)CCCCC1. The van der Waals surface area contributed by atoms with Crippen LogP contribution in [0.25, 0.3) is 0 Å². The molecule has 3 rings (SSSR count). The summed E-state index contributed by atoms with van der Waals surface area (Å²) in [6.45, 7) is 2.21. The molecule has 1 aliphatic rings. The van der Waals surface area contributed by atoms with Gasteiger partial charge in [-0.05, 0) is 37.5 Å². The number of aromatic nitrogens is 2. The Hall–Kier alpha value is -2.72. The third-order valence-corrected chi connectivity index (χ3v) is 6.54. The van der Waals surface area contributed by atoms with E-state index in [1.165, 1.54) is 12.1 Å². The fourth-order valence-electron chi connectivity index (χ4n) is 3.69. The van der Waals surface area contributed by atoms with E-state index >= 15 is 0 Å². The summed E-state index contributed by atoms with van der Waals surface area (Å²) in [6.07, 6.45) is 6.15. The van der Waals surface area contributed by atoms with Gasteiger partial charge in [0.2, 0.25) is 0 Å². The number of carbonyl (C=O) groups excluding carboxylic acids is 1. The van der Waals surface area contributed by atoms with Crippen LogP contribution in [0, 0.1) is 0 Å². The summed E-state index contributed by atoms with van der Waals surface area (Å²) in [5.41, 5.74) is 5.67. The van der Waals surface area contributed by atoms with E-state index in [2.05, 4.69) is 20.6 Å². The van der Waals surface area contributed by atoms with Crippen molar-refractivity contribution in [2.24, 2.45) is 5.73 Å². The van der Waals surface area contributed by atoms with Gasteiger partial charge in [-0.15, -0.1) is 0 Å². The minimum atomic E-state index is -3.40. The number of hydrogen-bond donors (Lipinski definition) is 4. The zero-order valence-electron chi connectivity index (χ0n) is 17.8. The highest BCUT2D eigenvalue weighted by Gasteiger charge is 2.29. The van der Waals surface area contributed by atoms with Crippen LogP contribution >= 0.6 is 0 Å². The predicted molar refractivity (Wildman–Crippen MR) is 119 cm³/mol. The van der Waals surface area contributed by atoms with Gasteiger partial charge in [-0.2, -0.15) is 0 Å². The molecule has 1 heterocycles. The molecule has 1 saturated carbocycles. The van der Waals surface area contributed by atoms with Crippen molar-refractivity contribution in [2.45, 2.75) is 55.9 Å². The summed E-state index contributed by atoms with van der Waals surface area (Å²) in [7, 11) is -3.40. The summed E-state index contributed by atoms with van der Waals surface area (Å²) in [6, 6.07) is 6.19. The molecule has 1 aliphatic carbocycles. The number of aryl methyl sites for hydroxylation is 1. The van der Waals surface area contributed by atoms with Gasteiger partial charge in [0.05, 0.1) is 16.2 Å². The Labute approximate surface area is 182 Å². The summed E-state index contributed by atoms with van der Waals surface area (Å²) in [5, 5.41) is 16.9. The number of nitrogens with one attached hydrogen (secondary N) is 2. The quantitative estimate of drug-likeness (QED) is 0.482. The summed E-state index contributed by atoms with van der Waals surface area (Å²) in [4.78, 5) is 21.0. The van der Waals surface area contributed by atoms with Gasteiger partial charge in [-0.25, -0.2) is 18.4 Å². The molecule has 0 bridgehead atoms. The molecule has 1 aromatic carbocycles. The zero-order chi connectivity index (χ0) is 22.6. The van der Waals surface area contributed by atoms with Gasteiger partial charge in [0.15, 0.2) is 21.3 Å². The van der Waals surface area contributed by atoms with Crippen LogP contribution in [0.4, 0.5) is 17.3 Å². The summed E-state index contributed by atoms with van der Waals surface area (Å²) in [5.74, 6) is -0.178. The summed E-state index contributed by atoms with van der Waals surface area (Å²) >= 11 is 0. The number of anilines is 3. The van der Waals surface area contributed by atoms with Crippen LogP contribution in [0.2, 0.25) is 0 Å². The number of rotatable bonds is 8. The van der Waals surface area contributed by atoms with E-state index < -0.39 is 21.3 Å².